The standard InChI is InChI=1S/C17H14N4O2/c18-12-15(13-19)21-20-14-6-8-17(9-7-14)23-11-10-22-16-4-2-1-3-5-16/h1-9,20H,10-11H2. The van der Waals surface area contributed by atoms with Crippen LogP contribution in [0.5, 0.6) is 11.5 Å². The summed E-state index contributed by atoms with van der Waals surface area (Å²) in [6.45, 7) is 0.870. The number of nitrogens with one attached hydrogen (secondary N) is 1. The Balaban J connectivity index is 1.76. The van der Waals surface area contributed by atoms with Gasteiger partial charge in [0.1, 0.15) is 36.9 Å². The van der Waals surface area contributed by atoms with E-state index in [1.807, 2.05) is 30.3 Å². The van der Waals surface area contributed by atoms with Gasteiger partial charge in [-0.2, -0.15) is 15.6 Å². The van der Waals surface area contributed by atoms with E-state index in [0.717, 1.165) is 5.75 Å². The molecule has 0 aliphatic heterocycles. The van der Waals surface area contributed by atoms with Crippen molar-refractivity contribution < 1.29 is 9.47 Å². The Morgan fingerprint density at radius 2 is 1.43 bits per heavy atom. The second-order valence-electron chi connectivity index (χ2n) is 4.33. The lowest BCUT2D eigenvalue weighted by Gasteiger charge is -2.08. The van der Waals surface area contributed by atoms with Crippen LogP contribution in [-0.4, -0.2) is 18.9 Å². The molecule has 2 aromatic carbocycles. The number of hydrogen-bond acceptors (Lipinski definition) is 6. The molecule has 0 amide bonds. The summed E-state index contributed by atoms with van der Waals surface area (Å²) in [6.07, 6.45) is 0. The van der Waals surface area contributed by atoms with Crippen molar-refractivity contribution in [3.05, 3.63) is 54.6 Å². The lowest BCUT2D eigenvalue weighted by Crippen LogP contribution is -2.08. The minimum Gasteiger partial charge on any atom is -0.490 e. The third-order valence-electron chi connectivity index (χ3n) is 2.73. The lowest BCUT2D eigenvalue weighted by molar-refractivity contribution is 0.217. The molecule has 0 atom stereocenters. The van der Waals surface area contributed by atoms with Crippen LogP contribution in [0.2, 0.25) is 0 Å². The van der Waals surface area contributed by atoms with Crippen LogP contribution in [0.4, 0.5) is 5.69 Å². The first-order valence-electron chi connectivity index (χ1n) is 6.86. The van der Waals surface area contributed by atoms with E-state index < -0.39 is 0 Å². The van der Waals surface area contributed by atoms with E-state index in [1.165, 1.54) is 0 Å². The normalized spacial score (nSPS) is 9.13. The number of hydrazone groups is 1. The Morgan fingerprint density at radius 1 is 0.870 bits per heavy atom. The van der Waals surface area contributed by atoms with E-state index in [9.17, 15) is 0 Å². The molecular formula is C17H14N4O2. The fourth-order valence-corrected chi connectivity index (χ4v) is 1.66. The zero-order valence-corrected chi connectivity index (χ0v) is 12.3. The van der Waals surface area contributed by atoms with Crippen molar-refractivity contribution in [3.63, 3.8) is 0 Å². The molecule has 0 saturated heterocycles. The van der Waals surface area contributed by atoms with Gasteiger partial charge in [0.05, 0.1) is 5.69 Å². The highest BCUT2D eigenvalue weighted by Gasteiger charge is 1.97. The fraction of sp³-hybridized carbons (Fsp3) is 0.118. The van der Waals surface area contributed by atoms with Gasteiger partial charge in [0, 0.05) is 0 Å². The SMILES string of the molecule is N#CC(C#N)=NNc1ccc(OCCOc2ccccc2)cc1. The highest BCUT2D eigenvalue weighted by Crippen LogP contribution is 2.16. The van der Waals surface area contributed by atoms with Gasteiger partial charge in [-0.3, -0.25) is 5.43 Å². The number of benzene rings is 2. The first kappa shape index (κ1) is 15.9. The highest BCUT2D eigenvalue weighted by atomic mass is 16.5. The molecule has 0 aliphatic carbocycles. The van der Waals surface area contributed by atoms with Crippen LogP contribution >= 0.6 is 0 Å². The third-order valence-corrected chi connectivity index (χ3v) is 2.73. The maximum atomic E-state index is 8.58. The first-order valence-corrected chi connectivity index (χ1v) is 6.86. The van der Waals surface area contributed by atoms with Gasteiger partial charge >= 0.3 is 0 Å². The molecule has 0 bridgehead atoms. The van der Waals surface area contributed by atoms with Crippen molar-refractivity contribution in [3.8, 4) is 23.6 Å². The number of rotatable bonds is 7. The summed E-state index contributed by atoms with van der Waals surface area (Å²) in [7, 11) is 0. The molecule has 0 heterocycles. The van der Waals surface area contributed by atoms with E-state index >= 15 is 0 Å². The molecule has 1 N–H and O–H groups in total. The minimum absolute atomic E-state index is 0.233. The zero-order chi connectivity index (χ0) is 16.3. The molecule has 2 rings (SSSR count). The summed E-state index contributed by atoms with van der Waals surface area (Å²) in [5.41, 5.74) is 3.05. The summed E-state index contributed by atoms with van der Waals surface area (Å²) in [5, 5.41) is 20.8. The van der Waals surface area contributed by atoms with Crippen molar-refractivity contribution in [2.45, 2.75) is 0 Å². The molecule has 23 heavy (non-hydrogen) atoms. The van der Waals surface area contributed by atoms with E-state index in [2.05, 4.69) is 10.5 Å². The second-order valence-corrected chi connectivity index (χ2v) is 4.33. The fourth-order valence-electron chi connectivity index (χ4n) is 1.66. The topological polar surface area (TPSA) is 90.4 Å². The van der Waals surface area contributed by atoms with Crippen LogP contribution < -0.4 is 14.9 Å². The van der Waals surface area contributed by atoms with E-state index in [4.69, 9.17) is 20.0 Å². The maximum absolute atomic E-state index is 8.58. The number of anilines is 1. The smallest absolute Gasteiger partial charge is 0.237 e. The zero-order valence-electron chi connectivity index (χ0n) is 12.3. The lowest BCUT2D eigenvalue weighted by atomic mass is 10.3. The van der Waals surface area contributed by atoms with Crippen molar-refractivity contribution in [2.75, 3.05) is 18.6 Å². The van der Waals surface area contributed by atoms with Gasteiger partial charge < -0.3 is 9.47 Å². The Labute approximate surface area is 134 Å². The molecular weight excluding hydrogens is 292 g/mol. The monoisotopic (exact) mass is 306 g/mol. The molecule has 0 saturated carbocycles. The molecule has 0 aliphatic rings. The van der Waals surface area contributed by atoms with Crippen LogP contribution in [0.15, 0.2) is 59.7 Å². The van der Waals surface area contributed by atoms with Crippen LogP contribution in [-0.2, 0) is 0 Å². The minimum atomic E-state index is -0.233. The van der Waals surface area contributed by atoms with Crippen molar-refractivity contribution in [1.29, 1.82) is 10.5 Å². The molecule has 0 radical (unpaired) electrons. The van der Waals surface area contributed by atoms with E-state index in [-0.39, 0.29) is 5.71 Å². The van der Waals surface area contributed by atoms with Gasteiger partial charge in [-0.05, 0) is 36.4 Å². The van der Waals surface area contributed by atoms with Crippen LogP contribution in [0.25, 0.3) is 0 Å². The summed E-state index contributed by atoms with van der Waals surface area (Å²) >= 11 is 0. The molecule has 0 unspecified atom stereocenters. The molecule has 2 aromatic rings. The summed E-state index contributed by atoms with van der Waals surface area (Å²) in [6, 6.07) is 19.9. The molecule has 6 nitrogen and oxygen atoms in total. The number of nitriles is 2. The Morgan fingerprint density at radius 3 is 2.00 bits per heavy atom. The third kappa shape index (κ3) is 5.41. The second kappa shape index (κ2) is 8.71. The van der Waals surface area contributed by atoms with Crippen molar-refractivity contribution >= 4 is 11.4 Å². The van der Waals surface area contributed by atoms with E-state index in [1.54, 1.807) is 36.4 Å². The largest absolute Gasteiger partial charge is 0.490 e. The number of hydrogen-bond donors (Lipinski definition) is 1. The molecule has 0 fully saturated rings. The van der Waals surface area contributed by atoms with Gasteiger partial charge in [-0.15, -0.1) is 0 Å². The molecule has 0 spiro atoms. The number of para-hydroxylation sites is 1. The number of ether oxygens (including phenoxy) is 2. The summed E-state index contributed by atoms with van der Waals surface area (Å²) < 4.78 is 11.1. The molecule has 6 heteroatoms. The first-order chi connectivity index (χ1) is 11.3. The Hall–Kier alpha value is -3.51. The highest BCUT2D eigenvalue weighted by molar-refractivity contribution is 6.10. The molecule has 114 valence electrons. The predicted molar refractivity (Wildman–Crippen MR) is 86.2 cm³/mol. The average Bonchev–Trinajstić information content (AvgIpc) is 2.61. The summed E-state index contributed by atoms with van der Waals surface area (Å²) in [5.74, 6) is 1.50. The molecule has 0 aromatic heterocycles. The average molecular weight is 306 g/mol. The summed E-state index contributed by atoms with van der Waals surface area (Å²) in [4.78, 5) is 0. The van der Waals surface area contributed by atoms with Crippen LogP contribution in [0.3, 0.4) is 0 Å². The number of nitrogens with zero attached hydrogens (tertiary/aromatic N) is 3. The Bertz CT molecular complexity index is 712. The predicted octanol–water partition coefficient (Wildman–Crippen LogP) is 2.96. The van der Waals surface area contributed by atoms with Gasteiger partial charge in [0.25, 0.3) is 0 Å². The van der Waals surface area contributed by atoms with Gasteiger partial charge in [-0.1, -0.05) is 18.2 Å². The van der Waals surface area contributed by atoms with E-state index in [0.29, 0.717) is 24.7 Å². The van der Waals surface area contributed by atoms with Gasteiger partial charge in [0.15, 0.2) is 0 Å². The van der Waals surface area contributed by atoms with Crippen LogP contribution in [0.1, 0.15) is 0 Å². The van der Waals surface area contributed by atoms with Crippen LogP contribution in [0, 0.1) is 22.7 Å². The van der Waals surface area contributed by atoms with Crippen molar-refractivity contribution in [1.82, 2.24) is 0 Å². The van der Waals surface area contributed by atoms with Gasteiger partial charge in [-0.25, -0.2) is 0 Å². The Kier molecular flexibility index (Phi) is 6.01. The van der Waals surface area contributed by atoms with Gasteiger partial charge in [0.2, 0.25) is 5.71 Å². The maximum Gasteiger partial charge on any atom is 0.237 e. The quantitative estimate of drug-likeness (QED) is 0.482. The van der Waals surface area contributed by atoms with Crippen molar-refractivity contribution in [2.24, 2.45) is 5.10 Å².